The van der Waals surface area contributed by atoms with Gasteiger partial charge in [0.2, 0.25) is 0 Å². The van der Waals surface area contributed by atoms with E-state index in [0.29, 0.717) is 0 Å². The van der Waals surface area contributed by atoms with Gasteiger partial charge in [0.1, 0.15) is 9.34 Å². The van der Waals surface area contributed by atoms with Crippen LogP contribution in [-0.2, 0) is 17.3 Å². The third kappa shape index (κ3) is 5.05. The highest BCUT2D eigenvalue weighted by Crippen LogP contribution is 2.17. The van der Waals surface area contributed by atoms with E-state index in [1.165, 1.54) is 11.3 Å². The van der Waals surface area contributed by atoms with Gasteiger partial charge in [0, 0.05) is 29.4 Å². The topological polar surface area (TPSA) is 42.0 Å². The smallest absolute Gasteiger partial charge is 0.113 e. The Bertz CT molecular complexity index is 303. The van der Waals surface area contributed by atoms with Crippen LogP contribution in [0.15, 0.2) is 6.20 Å². The molecule has 14 heavy (non-hydrogen) atoms. The number of thiazole rings is 1. The van der Waals surface area contributed by atoms with Gasteiger partial charge in [-0.05, 0) is 13.0 Å². The van der Waals surface area contributed by atoms with Gasteiger partial charge in [-0.1, -0.05) is 11.6 Å². The van der Waals surface area contributed by atoms with Crippen LogP contribution in [0.2, 0.25) is 4.34 Å². The van der Waals surface area contributed by atoms with Crippen LogP contribution in [0.1, 0.15) is 11.4 Å². The van der Waals surface area contributed by atoms with Gasteiger partial charge in [0.25, 0.3) is 0 Å². The highest BCUT2D eigenvalue weighted by Gasteiger charge is 1.98. The molecule has 0 amide bonds. The number of nitrogens with one attached hydrogen (secondary N) is 1. The summed E-state index contributed by atoms with van der Waals surface area (Å²) in [4.78, 5) is 4.11. The number of hydrogen-bond acceptors (Lipinski definition) is 4. The van der Waals surface area contributed by atoms with Crippen LogP contribution in [-0.4, -0.2) is 27.7 Å². The molecule has 0 saturated heterocycles. The Kier molecular flexibility index (Phi) is 5.62. The third-order valence-electron chi connectivity index (χ3n) is 1.59. The molecule has 1 aromatic rings. The molecule has 80 valence electrons. The molecule has 0 spiro atoms. The van der Waals surface area contributed by atoms with Crippen LogP contribution in [0.4, 0.5) is 0 Å². The zero-order valence-electron chi connectivity index (χ0n) is 7.96. The van der Waals surface area contributed by atoms with Gasteiger partial charge < -0.3 is 5.32 Å². The van der Waals surface area contributed by atoms with Gasteiger partial charge in [-0.25, -0.2) is 4.98 Å². The van der Waals surface area contributed by atoms with Crippen molar-refractivity contribution in [3.05, 3.63) is 15.5 Å². The number of aromatic nitrogens is 1. The Morgan fingerprint density at radius 1 is 1.71 bits per heavy atom. The molecule has 1 unspecified atom stereocenters. The van der Waals surface area contributed by atoms with Crippen molar-refractivity contribution < 1.29 is 4.21 Å². The lowest BCUT2D eigenvalue weighted by atomic mass is 10.5. The van der Waals surface area contributed by atoms with E-state index in [-0.39, 0.29) is 0 Å². The minimum Gasteiger partial charge on any atom is -0.310 e. The maximum Gasteiger partial charge on any atom is 0.113 e. The van der Waals surface area contributed by atoms with Gasteiger partial charge in [0.05, 0.1) is 6.20 Å². The number of nitrogens with zero attached hydrogens (tertiary/aromatic N) is 1. The van der Waals surface area contributed by atoms with E-state index in [2.05, 4.69) is 10.3 Å². The fourth-order valence-electron chi connectivity index (χ4n) is 0.965. The SMILES string of the molecule is CS(=O)CCCNCc1ncc(Cl)s1. The zero-order valence-corrected chi connectivity index (χ0v) is 10.3. The van der Waals surface area contributed by atoms with Crippen molar-refractivity contribution in [3.8, 4) is 0 Å². The number of rotatable bonds is 6. The molecule has 1 rings (SSSR count). The average Bonchev–Trinajstić information content (AvgIpc) is 2.50. The molecule has 6 heteroatoms. The summed E-state index contributed by atoms with van der Waals surface area (Å²) >= 11 is 7.21. The first-order chi connectivity index (χ1) is 6.68. The molecular weight excluding hydrogens is 240 g/mol. The van der Waals surface area contributed by atoms with Crippen LogP contribution < -0.4 is 5.32 Å². The van der Waals surface area contributed by atoms with Crippen molar-refractivity contribution >= 4 is 33.7 Å². The van der Waals surface area contributed by atoms with Crippen LogP contribution in [0.5, 0.6) is 0 Å². The molecule has 0 aromatic carbocycles. The zero-order chi connectivity index (χ0) is 10.4. The first-order valence-electron chi connectivity index (χ1n) is 4.29. The third-order valence-corrected chi connectivity index (χ3v) is 3.57. The van der Waals surface area contributed by atoms with Gasteiger partial charge in [0.15, 0.2) is 0 Å². The quantitative estimate of drug-likeness (QED) is 0.783. The Morgan fingerprint density at radius 3 is 3.07 bits per heavy atom. The highest BCUT2D eigenvalue weighted by molar-refractivity contribution is 7.84. The van der Waals surface area contributed by atoms with Crippen LogP contribution in [0.3, 0.4) is 0 Å². The van der Waals surface area contributed by atoms with Crippen LogP contribution in [0, 0.1) is 0 Å². The summed E-state index contributed by atoms with van der Waals surface area (Å²) in [5.41, 5.74) is 0. The fraction of sp³-hybridized carbons (Fsp3) is 0.625. The van der Waals surface area contributed by atoms with Gasteiger partial charge in [-0.2, -0.15) is 0 Å². The summed E-state index contributed by atoms with van der Waals surface area (Å²) in [6, 6.07) is 0. The molecule has 1 N–H and O–H groups in total. The van der Waals surface area contributed by atoms with Crippen molar-refractivity contribution in [2.75, 3.05) is 18.6 Å². The summed E-state index contributed by atoms with van der Waals surface area (Å²) in [7, 11) is -0.684. The summed E-state index contributed by atoms with van der Waals surface area (Å²) in [6.07, 6.45) is 4.31. The lowest BCUT2D eigenvalue weighted by Crippen LogP contribution is -2.16. The van der Waals surface area contributed by atoms with Crippen molar-refractivity contribution in [3.63, 3.8) is 0 Å². The molecule has 1 heterocycles. The molecule has 1 atom stereocenters. The van der Waals surface area contributed by atoms with Gasteiger partial charge in [-0.15, -0.1) is 11.3 Å². The van der Waals surface area contributed by atoms with Crippen LogP contribution >= 0.6 is 22.9 Å². The molecule has 0 aliphatic heterocycles. The Hall–Kier alpha value is 0.0300. The fourth-order valence-corrected chi connectivity index (χ4v) is 2.44. The van der Waals surface area contributed by atoms with Gasteiger partial charge in [-0.3, -0.25) is 4.21 Å². The summed E-state index contributed by atoms with van der Waals surface area (Å²) < 4.78 is 11.5. The van der Waals surface area contributed by atoms with Crippen LogP contribution in [0.25, 0.3) is 0 Å². The summed E-state index contributed by atoms with van der Waals surface area (Å²) in [5.74, 6) is 0.756. The molecule has 0 bridgehead atoms. The molecule has 0 aliphatic carbocycles. The van der Waals surface area contributed by atoms with E-state index < -0.39 is 10.8 Å². The predicted molar refractivity (Wildman–Crippen MR) is 62.4 cm³/mol. The van der Waals surface area contributed by atoms with E-state index >= 15 is 0 Å². The molecule has 0 aliphatic rings. The molecule has 3 nitrogen and oxygen atoms in total. The molecule has 0 radical (unpaired) electrons. The number of hydrogen-bond donors (Lipinski definition) is 1. The second kappa shape index (κ2) is 6.50. The van der Waals surface area contributed by atoms with Crippen molar-refractivity contribution in [1.82, 2.24) is 10.3 Å². The lowest BCUT2D eigenvalue weighted by molar-refractivity contribution is 0.660. The van der Waals surface area contributed by atoms with E-state index in [0.717, 1.165) is 34.6 Å². The van der Waals surface area contributed by atoms with E-state index in [1.807, 2.05) is 0 Å². The Balaban J connectivity index is 2.07. The van der Waals surface area contributed by atoms with Crippen molar-refractivity contribution in [1.29, 1.82) is 0 Å². The minimum atomic E-state index is -0.684. The molecule has 0 fully saturated rings. The largest absolute Gasteiger partial charge is 0.310 e. The summed E-state index contributed by atoms with van der Waals surface area (Å²) in [5, 5.41) is 4.22. The minimum absolute atomic E-state index is 0.684. The molecule has 1 aromatic heterocycles. The van der Waals surface area contributed by atoms with Crippen molar-refractivity contribution in [2.24, 2.45) is 0 Å². The monoisotopic (exact) mass is 252 g/mol. The maximum absolute atomic E-state index is 10.7. The second-order valence-corrected chi connectivity index (χ2v) is 6.17. The average molecular weight is 253 g/mol. The summed E-state index contributed by atoms with van der Waals surface area (Å²) in [6.45, 7) is 1.62. The highest BCUT2D eigenvalue weighted by atomic mass is 35.5. The second-order valence-electron chi connectivity index (χ2n) is 2.87. The molecular formula is C8H13ClN2OS2. The normalized spacial score (nSPS) is 13.0. The van der Waals surface area contributed by atoms with Crippen molar-refractivity contribution in [2.45, 2.75) is 13.0 Å². The van der Waals surface area contributed by atoms with E-state index in [9.17, 15) is 4.21 Å². The lowest BCUT2D eigenvalue weighted by Gasteiger charge is -2.00. The Labute approximate surface area is 95.3 Å². The first kappa shape index (κ1) is 12.1. The first-order valence-corrected chi connectivity index (χ1v) is 7.21. The van der Waals surface area contributed by atoms with E-state index in [1.54, 1.807) is 12.5 Å². The van der Waals surface area contributed by atoms with Gasteiger partial charge >= 0.3 is 0 Å². The standard InChI is InChI=1S/C8H13ClN2OS2/c1-14(12)4-2-3-10-6-8-11-5-7(9)13-8/h5,10H,2-4,6H2,1H3. The predicted octanol–water partition coefficient (Wildman–Crippen LogP) is 1.65. The number of halogens is 1. The Morgan fingerprint density at radius 2 is 2.50 bits per heavy atom. The molecule has 0 saturated carbocycles. The van der Waals surface area contributed by atoms with E-state index in [4.69, 9.17) is 11.6 Å². The maximum atomic E-state index is 10.7.